The molecule has 7 nitrogen and oxygen atoms in total. The minimum Gasteiger partial charge on any atom is -0.326 e. The number of nitrogens with zero attached hydrogens (tertiary/aromatic N) is 2. The second-order valence-corrected chi connectivity index (χ2v) is 9.67. The van der Waals surface area contributed by atoms with Crippen LogP contribution in [0.5, 0.6) is 0 Å². The summed E-state index contributed by atoms with van der Waals surface area (Å²) in [6.07, 6.45) is 0.691. The van der Waals surface area contributed by atoms with E-state index in [4.69, 9.17) is 5.26 Å². The van der Waals surface area contributed by atoms with E-state index in [1.165, 1.54) is 15.6 Å². The Hall–Kier alpha value is -2.25. The SMILES string of the molecule is Cc1ccc(S(=O)(=O)N2CCC[NH+](CC(=O)Nc3sccc3C#N)CC2)cc1. The Morgan fingerprint density at radius 2 is 2.00 bits per heavy atom. The van der Waals surface area contributed by atoms with Gasteiger partial charge in [0.05, 0.1) is 30.1 Å². The molecule has 0 aliphatic carbocycles. The third kappa shape index (κ3) is 4.77. The monoisotopic (exact) mass is 419 g/mol. The van der Waals surface area contributed by atoms with Gasteiger partial charge in [0.15, 0.2) is 6.54 Å². The molecule has 2 heterocycles. The van der Waals surface area contributed by atoms with Crippen molar-refractivity contribution in [2.24, 2.45) is 0 Å². The molecule has 1 amide bonds. The van der Waals surface area contributed by atoms with E-state index in [9.17, 15) is 13.2 Å². The number of carbonyl (C=O) groups excluding carboxylic acids is 1. The first-order valence-corrected chi connectivity index (χ1v) is 11.4. The van der Waals surface area contributed by atoms with Crippen molar-refractivity contribution in [2.45, 2.75) is 18.2 Å². The van der Waals surface area contributed by atoms with Crippen LogP contribution in [0.2, 0.25) is 0 Å². The number of benzene rings is 1. The second-order valence-electron chi connectivity index (χ2n) is 6.82. The van der Waals surface area contributed by atoms with Gasteiger partial charge in [0, 0.05) is 13.0 Å². The Morgan fingerprint density at radius 3 is 2.71 bits per heavy atom. The highest BCUT2D eigenvalue weighted by Gasteiger charge is 2.29. The lowest BCUT2D eigenvalue weighted by Gasteiger charge is -2.20. The molecule has 1 aliphatic rings. The number of rotatable bonds is 5. The van der Waals surface area contributed by atoms with Crippen molar-refractivity contribution < 1.29 is 18.1 Å². The van der Waals surface area contributed by atoms with Crippen LogP contribution in [0, 0.1) is 18.3 Å². The quantitative estimate of drug-likeness (QED) is 0.751. The van der Waals surface area contributed by atoms with Crippen LogP contribution in [0.4, 0.5) is 5.00 Å². The van der Waals surface area contributed by atoms with Crippen molar-refractivity contribution in [1.29, 1.82) is 5.26 Å². The van der Waals surface area contributed by atoms with Crippen molar-refractivity contribution in [1.82, 2.24) is 4.31 Å². The fourth-order valence-corrected chi connectivity index (χ4v) is 5.43. The predicted molar refractivity (Wildman–Crippen MR) is 108 cm³/mol. The van der Waals surface area contributed by atoms with Crippen LogP contribution in [0.3, 0.4) is 0 Å². The molecule has 0 bridgehead atoms. The molecule has 1 saturated heterocycles. The fourth-order valence-electron chi connectivity index (χ4n) is 3.19. The average molecular weight is 420 g/mol. The van der Waals surface area contributed by atoms with E-state index in [1.807, 2.05) is 6.92 Å². The van der Waals surface area contributed by atoms with Crippen LogP contribution in [-0.4, -0.2) is 51.4 Å². The lowest BCUT2D eigenvalue weighted by atomic mass is 10.2. The van der Waals surface area contributed by atoms with Gasteiger partial charge in [-0.2, -0.15) is 9.57 Å². The summed E-state index contributed by atoms with van der Waals surface area (Å²) in [7, 11) is -3.52. The number of carbonyl (C=O) groups is 1. The average Bonchev–Trinajstić information content (AvgIpc) is 2.97. The Morgan fingerprint density at radius 1 is 1.25 bits per heavy atom. The van der Waals surface area contributed by atoms with Gasteiger partial charge in [-0.15, -0.1) is 11.3 Å². The third-order valence-electron chi connectivity index (χ3n) is 4.76. The number of amides is 1. The summed E-state index contributed by atoms with van der Waals surface area (Å²) >= 11 is 1.32. The Kier molecular flexibility index (Phi) is 6.46. The van der Waals surface area contributed by atoms with Gasteiger partial charge >= 0.3 is 0 Å². The van der Waals surface area contributed by atoms with E-state index in [0.29, 0.717) is 41.5 Å². The van der Waals surface area contributed by atoms with Gasteiger partial charge in [-0.3, -0.25) is 4.79 Å². The highest BCUT2D eigenvalue weighted by molar-refractivity contribution is 7.89. The van der Waals surface area contributed by atoms with Crippen molar-refractivity contribution >= 4 is 32.3 Å². The molecule has 1 aromatic heterocycles. The number of aryl methyl sites for hydroxylation is 1. The van der Waals surface area contributed by atoms with Crippen LogP contribution in [0.15, 0.2) is 40.6 Å². The van der Waals surface area contributed by atoms with E-state index in [2.05, 4.69) is 11.4 Å². The largest absolute Gasteiger partial charge is 0.326 e. The molecule has 148 valence electrons. The molecule has 2 aromatic rings. The number of hydrogen-bond donors (Lipinski definition) is 2. The third-order valence-corrected chi connectivity index (χ3v) is 7.50. The molecular formula is C19H23N4O3S2+. The van der Waals surface area contributed by atoms with E-state index < -0.39 is 10.0 Å². The first kappa shape index (κ1) is 20.5. The fraction of sp³-hybridized carbons (Fsp3) is 0.368. The highest BCUT2D eigenvalue weighted by atomic mass is 32.2. The van der Waals surface area contributed by atoms with Gasteiger partial charge in [0.1, 0.15) is 11.1 Å². The van der Waals surface area contributed by atoms with Crippen LogP contribution >= 0.6 is 11.3 Å². The summed E-state index contributed by atoms with van der Waals surface area (Å²) in [5, 5.41) is 14.1. The minimum atomic E-state index is -3.52. The summed E-state index contributed by atoms with van der Waals surface area (Å²) in [4.78, 5) is 13.7. The summed E-state index contributed by atoms with van der Waals surface area (Å²) in [5.74, 6) is -0.163. The first-order valence-electron chi connectivity index (χ1n) is 9.08. The van der Waals surface area contributed by atoms with Crippen LogP contribution in [-0.2, 0) is 14.8 Å². The lowest BCUT2D eigenvalue weighted by Crippen LogP contribution is -3.13. The van der Waals surface area contributed by atoms with Crippen molar-refractivity contribution in [3.8, 4) is 6.07 Å². The van der Waals surface area contributed by atoms with Crippen molar-refractivity contribution in [3.63, 3.8) is 0 Å². The molecule has 1 unspecified atom stereocenters. The molecule has 3 rings (SSSR count). The number of nitrogens with one attached hydrogen (secondary N) is 2. The van der Waals surface area contributed by atoms with Crippen molar-refractivity contribution in [2.75, 3.05) is 38.0 Å². The first-order chi connectivity index (χ1) is 13.4. The number of thiophene rings is 1. The van der Waals surface area contributed by atoms with Gasteiger partial charge in [-0.25, -0.2) is 8.42 Å². The Balaban J connectivity index is 1.59. The van der Waals surface area contributed by atoms with E-state index in [-0.39, 0.29) is 12.5 Å². The molecule has 2 N–H and O–H groups in total. The lowest BCUT2D eigenvalue weighted by molar-refractivity contribution is -0.889. The second kappa shape index (κ2) is 8.84. The van der Waals surface area contributed by atoms with Gasteiger partial charge in [0.25, 0.3) is 5.91 Å². The summed E-state index contributed by atoms with van der Waals surface area (Å²) in [5.41, 5.74) is 1.47. The van der Waals surface area contributed by atoms with Gasteiger partial charge in [-0.1, -0.05) is 17.7 Å². The predicted octanol–water partition coefficient (Wildman–Crippen LogP) is 0.846. The molecule has 1 aromatic carbocycles. The summed E-state index contributed by atoms with van der Waals surface area (Å²) in [6.45, 7) is 4.29. The van der Waals surface area contributed by atoms with E-state index >= 15 is 0 Å². The zero-order valence-electron chi connectivity index (χ0n) is 15.6. The molecule has 9 heteroatoms. The maximum atomic E-state index is 12.9. The number of quaternary nitrogens is 1. The van der Waals surface area contributed by atoms with Gasteiger partial charge < -0.3 is 10.2 Å². The molecule has 28 heavy (non-hydrogen) atoms. The zero-order valence-corrected chi connectivity index (χ0v) is 17.3. The molecule has 0 spiro atoms. The highest BCUT2D eigenvalue weighted by Crippen LogP contribution is 2.21. The van der Waals surface area contributed by atoms with Crippen molar-refractivity contribution in [3.05, 3.63) is 46.8 Å². The molecule has 1 atom stereocenters. The Labute approximate surface area is 169 Å². The van der Waals surface area contributed by atoms with Crippen LogP contribution in [0.1, 0.15) is 17.5 Å². The minimum absolute atomic E-state index is 0.163. The topological polar surface area (TPSA) is 94.7 Å². The van der Waals surface area contributed by atoms with Gasteiger partial charge in [0.2, 0.25) is 10.0 Å². The molecule has 0 radical (unpaired) electrons. The molecular weight excluding hydrogens is 396 g/mol. The summed E-state index contributed by atoms with van der Waals surface area (Å²) < 4.78 is 27.3. The molecule has 0 saturated carbocycles. The molecule has 1 aliphatic heterocycles. The normalized spacial score (nSPS) is 18.2. The van der Waals surface area contributed by atoms with Gasteiger partial charge in [-0.05, 0) is 30.5 Å². The maximum absolute atomic E-state index is 12.9. The van der Waals surface area contributed by atoms with Crippen LogP contribution < -0.4 is 10.2 Å². The molecule has 1 fully saturated rings. The van der Waals surface area contributed by atoms with E-state index in [1.54, 1.807) is 35.7 Å². The number of hydrogen-bond acceptors (Lipinski definition) is 5. The number of nitriles is 1. The smallest absolute Gasteiger partial charge is 0.280 e. The Bertz CT molecular complexity index is 977. The standard InChI is InChI=1S/C19H22N4O3S2/c1-15-3-5-17(6-4-15)28(25,26)23-9-2-8-22(10-11-23)14-18(24)21-19-16(13-20)7-12-27-19/h3-7,12H,2,8-11,14H2,1H3,(H,21,24)/p+1. The zero-order chi connectivity index (χ0) is 20.1. The summed E-state index contributed by atoms with van der Waals surface area (Å²) in [6, 6.07) is 10.6. The van der Waals surface area contributed by atoms with Crippen LogP contribution in [0.25, 0.3) is 0 Å². The van der Waals surface area contributed by atoms with E-state index in [0.717, 1.165) is 17.0 Å². The number of anilines is 1. The maximum Gasteiger partial charge on any atom is 0.280 e. The number of sulfonamides is 1.